The molecule has 1 N–H and O–H groups in total. The summed E-state index contributed by atoms with van der Waals surface area (Å²) >= 11 is 5.85. The lowest BCUT2D eigenvalue weighted by molar-refractivity contribution is -0.128. The maximum absolute atomic E-state index is 12.4. The lowest BCUT2D eigenvalue weighted by Crippen LogP contribution is -2.37. The van der Waals surface area contributed by atoms with Gasteiger partial charge in [0, 0.05) is 18.6 Å². The Balaban J connectivity index is 1.97. The molecule has 27 heavy (non-hydrogen) atoms. The summed E-state index contributed by atoms with van der Waals surface area (Å²) in [4.78, 5) is 12.4. The van der Waals surface area contributed by atoms with E-state index in [2.05, 4.69) is 5.32 Å². The van der Waals surface area contributed by atoms with E-state index in [1.54, 1.807) is 36.4 Å². The quantitative estimate of drug-likeness (QED) is 0.725. The molecule has 0 aliphatic rings. The van der Waals surface area contributed by atoms with Crippen LogP contribution in [-0.4, -0.2) is 33.7 Å². The molecule has 2 aromatic rings. The molecule has 6 nitrogen and oxygen atoms in total. The third kappa shape index (κ3) is 6.15. The predicted octanol–water partition coefficient (Wildman–Crippen LogP) is 3.21. The summed E-state index contributed by atoms with van der Waals surface area (Å²) in [6, 6.07) is 13.8. The molecule has 0 fully saturated rings. The maximum atomic E-state index is 12.4. The summed E-state index contributed by atoms with van der Waals surface area (Å²) in [5.74, 6) is 0.277. The Hall–Kier alpha value is -2.25. The molecule has 0 unspecified atom stereocenters. The fourth-order valence-corrected chi connectivity index (χ4v) is 2.95. The lowest BCUT2D eigenvalue weighted by Gasteiger charge is -2.19. The van der Waals surface area contributed by atoms with Crippen molar-refractivity contribution in [3.63, 3.8) is 0 Å². The van der Waals surface area contributed by atoms with Crippen LogP contribution in [0.25, 0.3) is 0 Å². The standard InChI is InChI=1S/C19H23ClN2O4S/c1-4-18(19(23)21-13-14-5-7-15(20)8-6-14)26-17-11-9-16(10-12-17)22(2)27(3,24)25/h5-12,18H,4,13H2,1-3H3,(H,21,23)/t18-/m0/s1. The van der Waals surface area contributed by atoms with Crippen molar-refractivity contribution in [2.45, 2.75) is 26.0 Å². The second-order valence-corrected chi connectivity index (χ2v) is 8.53. The molecule has 0 saturated carbocycles. The fraction of sp³-hybridized carbons (Fsp3) is 0.316. The van der Waals surface area contributed by atoms with Gasteiger partial charge in [0.1, 0.15) is 5.75 Å². The second kappa shape index (κ2) is 9.10. The van der Waals surface area contributed by atoms with Gasteiger partial charge in [-0.2, -0.15) is 0 Å². The van der Waals surface area contributed by atoms with Crippen LogP contribution in [0.1, 0.15) is 18.9 Å². The minimum absolute atomic E-state index is 0.218. The number of anilines is 1. The third-order valence-corrected chi connectivity index (χ3v) is 5.48. The molecule has 0 aliphatic carbocycles. The molecule has 0 heterocycles. The predicted molar refractivity (Wildman–Crippen MR) is 108 cm³/mol. The lowest BCUT2D eigenvalue weighted by atomic mass is 10.2. The number of rotatable bonds is 8. The van der Waals surface area contributed by atoms with Crippen LogP contribution in [0.15, 0.2) is 48.5 Å². The maximum Gasteiger partial charge on any atom is 0.261 e. The van der Waals surface area contributed by atoms with Gasteiger partial charge >= 0.3 is 0 Å². The molecule has 8 heteroatoms. The molecular formula is C19H23ClN2O4S. The van der Waals surface area contributed by atoms with Crippen LogP contribution >= 0.6 is 11.6 Å². The van der Waals surface area contributed by atoms with Gasteiger partial charge in [-0.1, -0.05) is 30.7 Å². The SMILES string of the molecule is CC[C@H](Oc1ccc(N(C)S(C)(=O)=O)cc1)C(=O)NCc1ccc(Cl)cc1. The van der Waals surface area contributed by atoms with Gasteiger partial charge in [-0.15, -0.1) is 0 Å². The molecule has 146 valence electrons. The molecule has 2 rings (SSSR count). The van der Waals surface area contributed by atoms with Crippen LogP contribution in [0, 0.1) is 0 Å². The summed E-state index contributed by atoms with van der Waals surface area (Å²) in [6.07, 6.45) is 0.989. The summed E-state index contributed by atoms with van der Waals surface area (Å²) in [6.45, 7) is 2.24. The van der Waals surface area contributed by atoms with Crippen LogP contribution in [0.3, 0.4) is 0 Å². The van der Waals surface area contributed by atoms with Crippen molar-refractivity contribution in [1.29, 1.82) is 0 Å². The van der Waals surface area contributed by atoms with Gasteiger partial charge in [0.15, 0.2) is 6.10 Å². The first-order valence-corrected chi connectivity index (χ1v) is 10.7. The number of nitrogens with zero attached hydrogens (tertiary/aromatic N) is 1. The van der Waals surface area contributed by atoms with Gasteiger partial charge in [0.2, 0.25) is 10.0 Å². The number of sulfonamides is 1. The van der Waals surface area contributed by atoms with Crippen LogP contribution in [0.4, 0.5) is 5.69 Å². The number of halogens is 1. The Labute approximate surface area is 165 Å². The zero-order valence-corrected chi connectivity index (χ0v) is 17.0. The van der Waals surface area contributed by atoms with Gasteiger partial charge in [-0.3, -0.25) is 9.10 Å². The van der Waals surface area contributed by atoms with E-state index in [9.17, 15) is 13.2 Å². The second-order valence-electron chi connectivity index (χ2n) is 6.08. The summed E-state index contributed by atoms with van der Waals surface area (Å²) in [5.41, 5.74) is 1.46. The number of ether oxygens (including phenoxy) is 1. The van der Waals surface area contributed by atoms with Crippen molar-refractivity contribution < 1.29 is 17.9 Å². The van der Waals surface area contributed by atoms with Crippen LogP contribution in [0.5, 0.6) is 5.75 Å². The molecule has 0 aromatic heterocycles. The topological polar surface area (TPSA) is 75.7 Å². The summed E-state index contributed by atoms with van der Waals surface area (Å²) in [7, 11) is -1.85. The first kappa shape index (κ1) is 21.1. The number of carbonyl (C=O) groups is 1. The first-order chi connectivity index (χ1) is 12.7. The van der Waals surface area contributed by atoms with E-state index in [1.165, 1.54) is 11.4 Å². The number of hydrogen-bond donors (Lipinski definition) is 1. The van der Waals surface area contributed by atoms with Crippen LogP contribution < -0.4 is 14.4 Å². The van der Waals surface area contributed by atoms with Gasteiger partial charge < -0.3 is 10.1 Å². The summed E-state index contributed by atoms with van der Waals surface area (Å²) in [5, 5.41) is 3.49. The van der Waals surface area contributed by atoms with Crippen molar-refractivity contribution in [2.75, 3.05) is 17.6 Å². The van der Waals surface area contributed by atoms with E-state index in [1.807, 2.05) is 19.1 Å². The van der Waals surface area contributed by atoms with Gasteiger partial charge in [0.05, 0.1) is 11.9 Å². The largest absolute Gasteiger partial charge is 0.481 e. The zero-order chi connectivity index (χ0) is 20.0. The highest BCUT2D eigenvalue weighted by Gasteiger charge is 2.18. The van der Waals surface area contributed by atoms with Crippen LogP contribution in [-0.2, 0) is 21.4 Å². The first-order valence-electron chi connectivity index (χ1n) is 8.43. The Kier molecular flexibility index (Phi) is 7.10. The van der Waals surface area contributed by atoms with E-state index in [-0.39, 0.29) is 5.91 Å². The Bertz CT molecular complexity index is 868. The number of carbonyl (C=O) groups excluding carboxylic acids is 1. The van der Waals surface area contributed by atoms with E-state index in [0.29, 0.717) is 29.4 Å². The van der Waals surface area contributed by atoms with Crippen molar-refractivity contribution in [1.82, 2.24) is 5.32 Å². The Morgan fingerprint density at radius 2 is 1.74 bits per heavy atom. The molecular weight excluding hydrogens is 388 g/mol. The van der Waals surface area contributed by atoms with Crippen LogP contribution in [0.2, 0.25) is 5.02 Å². The molecule has 0 spiro atoms. The van der Waals surface area contributed by atoms with E-state index >= 15 is 0 Å². The molecule has 1 atom stereocenters. The minimum Gasteiger partial charge on any atom is -0.481 e. The molecule has 0 aliphatic heterocycles. The van der Waals surface area contributed by atoms with Crippen molar-refractivity contribution >= 4 is 33.2 Å². The highest BCUT2D eigenvalue weighted by molar-refractivity contribution is 7.92. The highest BCUT2D eigenvalue weighted by atomic mass is 35.5. The molecule has 0 bridgehead atoms. The van der Waals surface area contributed by atoms with Crippen molar-refractivity contribution in [3.8, 4) is 5.75 Å². The van der Waals surface area contributed by atoms with Crippen molar-refractivity contribution in [2.24, 2.45) is 0 Å². The van der Waals surface area contributed by atoms with Gasteiger partial charge in [0.25, 0.3) is 5.91 Å². The highest BCUT2D eigenvalue weighted by Crippen LogP contribution is 2.21. The summed E-state index contributed by atoms with van der Waals surface area (Å²) < 4.78 is 30.1. The third-order valence-electron chi connectivity index (χ3n) is 4.02. The average Bonchev–Trinajstić information content (AvgIpc) is 2.64. The van der Waals surface area contributed by atoms with E-state index in [4.69, 9.17) is 16.3 Å². The number of nitrogens with one attached hydrogen (secondary N) is 1. The molecule has 0 saturated heterocycles. The van der Waals surface area contributed by atoms with Gasteiger partial charge in [-0.05, 0) is 48.4 Å². The number of benzene rings is 2. The zero-order valence-electron chi connectivity index (χ0n) is 15.5. The minimum atomic E-state index is -3.33. The van der Waals surface area contributed by atoms with Gasteiger partial charge in [-0.25, -0.2) is 8.42 Å². The monoisotopic (exact) mass is 410 g/mol. The van der Waals surface area contributed by atoms with Crippen molar-refractivity contribution in [3.05, 3.63) is 59.1 Å². The normalized spacial score (nSPS) is 12.3. The fourth-order valence-electron chi connectivity index (χ4n) is 2.32. The number of amides is 1. The number of hydrogen-bond acceptors (Lipinski definition) is 4. The Morgan fingerprint density at radius 3 is 2.26 bits per heavy atom. The van der Waals surface area contributed by atoms with E-state index in [0.717, 1.165) is 11.8 Å². The molecule has 1 amide bonds. The molecule has 0 radical (unpaired) electrons. The van der Waals surface area contributed by atoms with E-state index < -0.39 is 16.1 Å². The Morgan fingerprint density at radius 1 is 1.15 bits per heavy atom. The average molecular weight is 411 g/mol. The molecule has 2 aromatic carbocycles. The smallest absolute Gasteiger partial charge is 0.261 e.